The van der Waals surface area contributed by atoms with Gasteiger partial charge in [0.1, 0.15) is 0 Å². The van der Waals surface area contributed by atoms with Crippen LogP contribution in [0.2, 0.25) is 0 Å². The minimum Gasteiger partial charge on any atom is -0.346 e. The van der Waals surface area contributed by atoms with E-state index in [0.717, 1.165) is 12.1 Å². The molecule has 8 heteroatoms. The van der Waals surface area contributed by atoms with Gasteiger partial charge in [0.25, 0.3) is 11.8 Å². The number of hydrogen-bond donors (Lipinski definition) is 1. The van der Waals surface area contributed by atoms with Crippen molar-refractivity contribution < 1.29 is 23.2 Å². The average molecular weight is 425 g/mol. The van der Waals surface area contributed by atoms with Gasteiger partial charge in [-0.05, 0) is 36.8 Å². The second-order valence-corrected chi connectivity index (χ2v) is 7.64. The van der Waals surface area contributed by atoms with Crippen LogP contribution in [0, 0.1) is 11.6 Å². The van der Waals surface area contributed by atoms with Crippen molar-refractivity contribution in [1.29, 1.82) is 0 Å². The number of nitrogens with one attached hydrogen (secondary N) is 1. The molecular weight excluding hydrogens is 404 g/mol. The summed E-state index contributed by atoms with van der Waals surface area (Å²) in [5.74, 6) is -3.23. The van der Waals surface area contributed by atoms with Crippen LogP contribution in [0.25, 0.3) is 0 Å². The van der Waals surface area contributed by atoms with Gasteiger partial charge in [-0.3, -0.25) is 19.3 Å². The van der Waals surface area contributed by atoms with E-state index in [-0.39, 0.29) is 31.2 Å². The normalized spacial score (nSPS) is 20.9. The van der Waals surface area contributed by atoms with E-state index in [0.29, 0.717) is 16.8 Å². The van der Waals surface area contributed by atoms with Gasteiger partial charge in [0.05, 0.1) is 17.3 Å². The van der Waals surface area contributed by atoms with Crippen LogP contribution in [-0.2, 0) is 9.59 Å². The standard InChI is InChI=1S/C23H21F2N3O3/c1-3-12-27-21(30)16-6-4-5-7-19(16)28-20(29)10-11-23(27,28)22(31)26-14(2)15-8-9-17(24)18(25)13-15/h3-9,13-14H,1,10-12H2,2H3,(H,26,31)/t14-,23+/m0/s1. The molecule has 31 heavy (non-hydrogen) atoms. The highest BCUT2D eigenvalue weighted by molar-refractivity contribution is 6.16. The molecule has 0 spiro atoms. The fourth-order valence-electron chi connectivity index (χ4n) is 4.34. The summed E-state index contributed by atoms with van der Waals surface area (Å²) in [6.45, 7) is 5.37. The molecule has 0 saturated carbocycles. The fourth-order valence-corrected chi connectivity index (χ4v) is 4.34. The van der Waals surface area contributed by atoms with E-state index < -0.39 is 29.2 Å². The Morgan fingerprint density at radius 1 is 1.23 bits per heavy atom. The minimum absolute atomic E-state index is 0.0594. The lowest BCUT2D eigenvalue weighted by Crippen LogP contribution is -2.70. The first-order chi connectivity index (χ1) is 14.8. The van der Waals surface area contributed by atoms with Crippen LogP contribution in [0.15, 0.2) is 55.1 Å². The number of nitrogens with zero attached hydrogens (tertiary/aromatic N) is 2. The summed E-state index contributed by atoms with van der Waals surface area (Å²) in [4.78, 5) is 42.5. The van der Waals surface area contributed by atoms with Crippen molar-refractivity contribution in [2.75, 3.05) is 11.4 Å². The maximum atomic E-state index is 13.7. The van der Waals surface area contributed by atoms with Crippen LogP contribution in [0.4, 0.5) is 14.5 Å². The number of carbonyl (C=O) groups is 3. The van der Waals surface area contributed by atoms with Crippen molar-refractivity contribution in [1.82, 2.24) is 10.2 Å². The molecule has 0 aromatic heterocycles. The van der Waals surface area contributed by atoms with E-state index >= 15 is 0 Å². The van der Waals surface area contributed by atoms with Crippen molar-refractivity contribution in [3.8, 4) is 0 Å². The van der Waals surface area contributed by atoms with Gasteiger partial charge < -0.3 is 10.2 Å². The predicted octanol–water partition coefficient (Wildman–Crippen LogP) is 3.31. The zero-order valence-electron chi connectivity index (χ0n) is 16.9. The molecule has 0 aliphatic carbocycles. The Kier molecular flexibility index (Phi) is 5.08. The van der Waals surface area contributed by atoms with Gasteiger partial charge in [0.2, 0.25) is 11.6 Å². The number of para-hydroxylation sites is 1. The lowest BCUT2D eigenvalue weighted by Gasteiger charge is -2.49. The minimum atomic E-state index is -1.57. The van der Waals surface area contributed by atoms with Gasteiger partial charge in [-0.2, -0.15) is 0 Å². The Morgan fingerprint density at radius 2 is 1.97 bits per heavy atom. The smallest absolute Gasteiger partial charge is 0.267 e. The maximum Gasteiger partial charge on any atom is 0.267 e. The zero-order chi connectivity index (χ0) is 22.3. The fraction of sp³-hybridized carbons (Fsp3) is 0.261. The third-order valence-electron chi connectivity index (χ3n) is 5.84. The van der Waals surface area contributed by atoms with Crippen molar-refractivity contribution in [3.63, 3.8) is 0 Å². The molecule has 6 nitrogen and oxygen atoms in total. The molecule has 1 N–H and O–H groups in total. The summed E-state index contributed by atoms with van der Waals surface area (Å²) >= 11 is 0. The van der Waals surface area contributed by atoms with Crippen molar-refractivity contribution in [3.05, 3.63) is 77.9 Å². The first-order valence-corrected chi connectivity index (χ1v) is 9.92. The number of rotatable bonds is 5. The Morgan fingerprint density at radius 3 is 2.68 bits per heavy atom. The number of halogens is 2. The van der Waals surface area contributed by atoms with E-state index in [1.807, 2.05) is 0 Å². The maximum absolute atomic E-state index is 13.7. The van der Waals surface area contributed by atoms with Crippen LogP contribution in [0.5, 0.6) is 0 Å². The second-order valence-electron chi connectivity index (χ2n) is 7.64. The summed E-state index contributed by atoms with van der Waals surface area (Å²) in [5.41, 5.74) is -0.497. The molecule has 4 rings (SSSR count). The third kappa shape index (κ3) is 3.10. The van der Waals surface area contributed by atoms with Crippen molar-refractivity contribution in [2.24, 2.45) is 0 Å². The lowest BCUT2D eigenvalue weighted by molar-refractivity contribution is -0.134. The van der Waals surface area contributed by atoms with Gasteiger partial charge in [-0.1, -0.05) is 24.3 Å². The quantitative estimate of drug-likeness (QED) is 0.748. The van der Waals surface area contributed by atoms with Crippen LogP contribution >= 0.6 is 0 Å². The molecule has 1 fully saturated rings. The SMILES string of the molecule is C=CCN1C(=O)c2ccccc2N2C(=O)CC[C@@]12C(=O)N[C@@H](C)c1ccc(F)c(F)c1. The van der Waals surface area contributed by atoms with Crippen LogP contribution in [-0.4, -0.2) is 34.8 Å². The molecule has 0 bridgehead atoms. The molecule has 0 radical (unpaired) electrons. The number of anilines is 1. The Labute approximate surface area is 178 Å². The van der Waals surface area contributed by atoms with Crippen LogP contribution in [0.3, 0.4) is 0 Å². The Balaban J connectivity index is 1.77. The molecule has 1 saturated heterocycles. The number of benzene rings is 2. The topological polar surface area (TPSA) is 69.7 Å². The number of carbonyl (C=O) groups excluding carboxylic acids is 3. The van der Waals surface area contributed by atoms with E-state index in [2.05, 4.69) is 11.9 Å². The number of amides is 3. The molecule has 2 atom stereocenters. The van der Waals surface area contributed by atoms with E-state index in [1.54, 1.807) is 31.2 Å². The first-order valence-electron chi connectivity index (χ1n) is 9.92. The summed E-state index contributed by atoms with van der Waals surface area (Å²) in [6, 6.07) is 9.34. The highest BCUT2D eigenvalue weighted by Gasteiger charge is 2.60. The molecule has 2 aromatic rings. The Bertz CT molecular complexity index is 1100. The Hall–Kier alpha value is -3.55. The van der Waals surface area contributed by atoms with E-state index in [9.17, 15) is 23.2 Å². The molecule has 0 unspecified atom stereocenters. The lowest BCUT2D eigenvalue weighted by atomic mass is 9.94. The average Bonchev–Trinajstić information content (AvgIpc) is 3.11. The van der Waals surface area contributed by atoms with Gasteiger partial charge in [0.15, 0.2) is 11.6 Å². The molecule has 160 valence electrons. The van der Waals surface area contributed by atoms with E-state index in [1.165, 1.54) is 21.9 Å². The van der Waals surface area contributed by atoms with Crippen LogP contribution in [0.1, 0.15) is 41.7 Å². The van der Waals surface area contributed by atoms with Crippen molar-refractivity contribution >= 4 is 23.4 Å². The van der Waals surface area contributed by atoms with Gasteiger partial charge >= 0.3 is 0 Å². The molecule has 2 aliphatic heterocycles. The molecule has 2 aliphatic rings. The number of fused-ring (bicyclic) bond motifs is 3. The third-order valence-corrected chi connectivity index (χ3v) is 5.84. The van der Waals surface area contributed by atoms with Crippen LogP contribution < -0.4 is 10.2 Å². The predicted molar refractivity (Wildman–Crippen MR) is 110 cm³/mol. The molecular formula is C23H21F2N3O3. The highest BCUT2D eigenvalue weighted by Crippen LogP contribution is 2.44. The van der Waals surface area contributed by atoms with Crippen molar-refractivity contribution in [2.45, 2.75) is 31.5 Å². The van der Waals surface area contributed by atoms with Gasteiger partial charge in [-0.15, -0.1) is 6.58 Å². The summed E-state index contributed by atoms with van der Waals surface area (Å²) in [5, 5.41) is 2.78. The summed E-state index contributed by atoms with van der Waals surface area (Å²) in [6.07, 6.45) is 1.69. The monoisotopic (exact) mass is 425 g/mol. The summed E-state index contributed by atoms with van der Waals surface area (Å²) in [7, 11) is 0. The summed E-state index contributed by atoms with van der Waals surface area (Å²) < 4.78 is 27.0. The van der Waals surface area contributed by atoms with Gasteiger partial charge in [0, 0.05) is 19.4 Å². The largest absolute Gasteiger partial charge is 0.346 e. The molecule has 2 aromatic carbocycles. The number of hydrogen-bond acceptors (Lipinski definition) is 3. The van der Waals surface area contributed by atoms with E-state index in [4.69, 9.17) is 0 Å². The van der Waals surface area contributed by atoms with Gasteiger partial charge in [-0.25, -0.2) is 8.78 Å². The zero-order valence-corrected chi connectivity index (χ0v) is 16.9. The second kappa shape index (κ2) is 7.61. The first kappa shape index (κ1) is 20.7. The highest BCUT2D eigenvalue weighted by atomic mass is 19.2. The molecule has 2 heterocycles. The molecule has 3 amide bonds.